The Morgan fingerprint density at radius 3 is 2.62 bits per heavy atom. The molecule has 5 heteroatoms. The third kappa shape index (κ3) is 4.45. The summed E-state index contributed by atoms with van der Waals surface area (Å²) in [4.78, 5) is 12.4. The van der Waals surface area contributed by atoms with E-state index in [0.717, 1.165) is 22.6 Å². The summed E-state index contributed by atoms with van der Waals surface area (Å²) < 4.78 is 15.7. The lowest BCUT2D eigenvalue weighted by atomic mass is 10.1. The van der Waals surface area contributed by atoms with Crippen LogP contribution in [0.25, 0.3) is 0 Å². The van der Waals surface area contributed by atoms with Crippen LogP contribution in [0.4, 0.5) is 4.79 Å². The van der Waals surface area contributed by atoms with Gasteiger partial charge in [0.1, 0.15) is 18.1 Å². The lowest BCUT2D eigenvalue weighted by molar-refractivity contribution is 0.120. The van der Waals surface area contributed by atoms with E-state index in [-0.39, 0.29) is 0 Å². The predicted molar refractivity (Wildman–Crippen MR) is 96.1 cm³/mol. The van der Waals surface area contributed by atoms with E-state index in [9.17, 15) is 4.79 Å². The monoisotopic (exact) mass is 346 g/mol. The average molecular weight is 346 g/mol. The minimum atomic E-state index is -0.738. The Morgan fingerprint density at radius 1 is 1.21 bits per heavy atom. The van der Waals surface area contributed by atoms with E-state index in [1.807, 2.05) is 30.5 Å². The van der Waals surface area contributed by atoms with Gasteiger partial charge in [-0.05, 0) is 55.0 Å². The van der Waals surface area contributed by atoms with Crippen LogP contribution >= 0.6 is 11.8 Å². The smallest absolute Gasteiger partial charge is 0.489 e. The van der Waals surface area contributed by atoms with Gasteiger partial charge in [0.15, 0.2) is 0 Å². The molecule has 2 aromatic rings. The predicted octanol–water partition coefficient (Wildman–Crippen LogP) is 5.00. The fourth-order valence-corrected chi connectivity index (χ4v) is 3.04. The van der Waals surface area contributed by atoms with E-state index in [0.29, 0.717) is 12.4 Å². The van der Waals surface area contributed by atoms with Crippen molar-refractivity contribution in [3.63, 3.8) is 0 Å². The van der Waals surface area contributed by atoms with Crippen molar-refractivity contribution in [1.29, 1.82) is 0 Å². The molecule has 2 rings (SSSR count). The number of ether oxygens (including phenoxy) is 3. The standard InChI is InChI=1S/C19H22O4S/c1-5-14-9-10-15(11-13(14)2)22-12-16-17(23-19(20)21-3)7-6-8-18(16)24-4/h6-11H,5,12H2,1-4H3. The van der Waals surface area contributed by atoms with Gasteiger partial charge in [0.2, 0.25) is 0 Å². The number of thioether (sulfide) groups is 1. The minimum Gasteiger partial charge on any atom is -0.489 e. The van der Waals surface area contributed by atoms with E-state index in [2.05, 4.69) is 24.7 Å². The summed E-state index contributed by atoms with van der Waals surface area (Å²) in [6.07, 6.45) is 2.23. The summed E-state index contributed by atoms with van der Waals surface area (Å²) in [6, 6.07) is 11.6. The first kappa shape index (κ1) is 18.2. The molecule has 4 nitrogen and oxygen atoms in total. The van der Waals surface area contributed by atoms with Crippen LogP contribution in [0.15, 0.2) is 41.3 Å². The summed E-state index contributed by atoms with van der Waals surface area (Å²) in [7, 11) is 1.29. The first-order chi connectivity index (χ1) is 11.6. The quantitative estimate of drug-likeness (QED) is 0.418. The van der Waals surface area contributed by atoms with Gasteiger partial charge in [-0.1, -0.05) is 19.1 Å². The van der Waals surface area contributed by atoms with Crippen molar-refractivity contribution in [3.05, 3.63) is 53.1 Å². The fraction of sp³-hybridized carbons (Fsp3) is 0.316. The molecule has 0 fully saturated rings. The molecule has 0 bridgehead atoms. The number of benzene rings is 2. The topological polar surface area (TPSA) is 44.8 Å². The van der Waals surface area contributed by atoms with Crippen LogP contribution in [0.1, 0.15) is 23.6 Å². The lowest BCUT2D eigenvalue weighted by Gasteiger charge is -2.14. The Bertz CT molecular complexity index is 713. The van der Waals surface area contributed by atoms with E-state index in [1.165, 1.54) is 18.2 Å². The Balaban J connectivity index is 2.21. The SMILES string of the molecule is CCc1ccc(OCc2c(OC(=O)OC)cccc2SC)cc1C. The zero-order valence-corrected chi connectivity index (χ0v) is 15.2. The Labute approximate surface area is 147 Å². The second-order valence-corrected chi connectivity index (χ2v) is 6.07. The molecule has 0 radical (unpaired) electrons. The van der Waals surface area contributed by atoms with Crippen molar-refractivity contribution in [2.75, 3.05) is 13.4 Å². The third-order valence-corrected chi connectivity index (χ3v) is 4.57. The molecule has 128 valence electrons. The van der Waals surface area contributed by atoms with Crippen molar-refractivity contribution < 1.29 is 19.0 Å². The summed E-state index contributed by atoms with van der Waals surface area (Å²) in [6.45, 7) is 4.52. The Hall–Kier alpha value is -2.14. The molecule has 2 aromatic carbocycles. The van der Waals surface area contributed by atoms with E-state index in [4.69, 9.17) is 9.47 Å². The molecule has 0 heterocycles. The van der Waals surface area contributed by atoms with E-state index >= 15 is 0 Å². The van der Waals surface area contributed by atoms with Crippen molar-refractivity contribution in [2.45, 2.75) is 31.8 Å². The molecule has 0 aliphatic carbocycles. The van der Waals surface area contributed by atoms with Gasteiger partial charge in [-0.3, -0.25) is 0 Å². The largest absolute Gasteiger partial charge is 0.513 e. The van der Waals surface area contributed by atoms with Crippen LogP contribution in [-0.2, 0) is 17.8 Å². The highest BCUT2D eigenvalue weighted by molar-refractivity contribution is 7.98. The Kier molecular flexibility index (Phi) is 6.55. The number of carbonyl (C=O) groups is 1. The van der Waals surface area contributed by atoms with Crippen molar-refractivity contribution >= 4 is 17.9 Å². The molecular weight excluding hydrogens is 324 g/mol. The number of hydrogen-bond acceptors (Lipinski definition) is 5. The highest BCUT2D eigenvalue weighted by atomic mass is 32.2. The maximum absolute atomic E-state index is 11.4. The first-order valence-corrected chi connectivity index (χ1v) is 8.95. The van der Waals surface area contributed by atoms with Gasteiger partial charge >= 0.3 is 6.16 Å². The summed E-state index contributed by atoms with van der Waals surface area (Å²) in [5, 5.41) is 0. The fourth-order valence-electron chi connectivity index (χ4n) is 2.42. The van der Waals surface area contributed by atoms with Crippen LogP contribution in [0, 0.1) is 6.92 Å². The van der Waals surface area contributed by atoms with Gasteiger partial charge in [0.05, 0.1) is 7.11 Å². The van der Waals surface area contributed by atoms with Gasteiger partial charge in [-0.2, -0.15) is 0 Å². The van der Waals surface area contributed by atoms with E-state index in [1.54, 1.807) is 17.8 Å². The summed E-state index contributed by atoms with van der Waals surface area (Å²) in [5.41, 5.74) is 3.34. The molecule has 24 heavy (non-hydrogen) atoms. The zero-order chi connectivity index (χ0) is 17.5. The van der Waals surface area contributed by atoms with Crippen LogP contribution in [0.3, 0.4) is 0 Å². The Morgan fingerprint density at radius 2 is 2.00 bits per heavy atom. The van der Waals surface area contributed by atoms with Gasteiger partial charge in [-0.25, -0.2) is 4.79 Å². The molecule has 0 saturated heterocycles. The van der Waals surface area contributed by atoms with Crippen molar-refractivity contribution in [1.82, 2.24) is 0 Å². The number of aryl methyl sites for hydroxylation is 2. The molecule has 0 aliphatic heterocycles. The molecule has 0 N–H and O–H groups in total. The second-order valence-electron chi connectivity index (χ2n) is 5.22. The molecule has 0 spiro atoms. The van der Waals surface area contributed by atoms with Gasteiger partial charge in [-0.15, -0.1) is 11.8 Å². The molecule has 0 aromatic heterocycles. The van der Waals surface area contributed by atoms with Crippen molar-refractivity contribution in [3.8, 4) is 11.5 Å². The summed E-state index contributed by atoms with van der Waals surface area (Å²) in [5.74, 6) is 1.25. The number of carbonyl (C=O) groups excluding carboxylic acids is 1. The second kappa shape index (κ2) is 8.64. The summed E-state index contributed by atoms with van der Waals surface area (Å²) >= 11 is 1.58. The molecule has 0 atom stereocenters. The number of hydrogen-bond donors (Lipinski definition) is 0. The normalized spacial score (nSPS) is 10.3. The highest BCUT2D eigenvalue weighted by Gasteiger charge is 2.14. The third-order valence-electron chi connectivity index (χ3n) is 3.75. The average Bonchev–Trinajstić information content (AvgIpc) is 2.60. The highest BCUT2D eigenvalue weighted by Crippen LogP contribution is 2.30. The van der Waals surface area contributed by atoms with Gasteiger partial charge < -0.3 is 14.2 Å². The molecule has 0 unspecified atom stereocenters. The number of methoxy groups -OCH3 is 1. The van der Waals surface area contributed by atoms with Crippen molar-refractivity contribution in [2.24, 2.45) is 0 Å². The van der Waals surface area contributed by atoms with Crippen LogP contribution in [-0.4, -0.2) is 19.5 Å². The van der Waals surface area contributed by atoms with Gasteiger partial charge in [0, 0.05) is 10.5 Å². The van der Waals surface area contributed by atoms with Crippen LogP contribution in [0.2, 0.25) is 0 Å². The number of rotatable bonds is 6. The van der Waals surface area contributed by atoms with Crippen LogP contribution < -0.4 is 9.47 Å². The molecular formula is C19H22O4S. The molecule has 0 amide bonds. The maximum atomic E-state index is 11.4. The van der Waals surface area contributed by atoms with Crippen LogP contribution in [0.5, 0.6) is 11.5 Å². The molecule has 0 saturated carbocycles. The molecule has 0 aliphatic rings. The minimum absolute atomic E-state index is 0.314. The lowest BCUT2D eigenvalue weighted by Crippen LogP contribution is -2.10. The van der Waals surface area contributed by atoms with E-state index < -0.39 is 6.16 Å². The first-order valence-electron chi connectivity index (χ1n) is 7.73. The zero-order valence-electron chi connectivity index (χ0n) is 14.4. The van der Waals surface area contributed by atoms with Gasteiger partial charge in [0.25, 0.3) is 0 Å². The maximum Gasteiger partial charge on any atom is 0.513 e.